The first kappa shape index (κ1) is 15.9. The fourth-order valence-corrected chi connectivity index (χ4v) is 4.25. The summed E-state index contributed by atoms with van der Waals surface area (Å²) in [5.74, 6) is 1.10. The van der Waals surface area contributed by atoms with Gasteiger partial charge in [-0.1, -0.05) is 12.1 Å². The fourth-order valence-electron chi connectivity index (χ4n) is 4.25. The average Bonchev–Trinajstić information content (AvgIpc) is 3.23. The Hall–Kier alpha value is -1.59. The largest absolute Gasteiger partial charge is 0.493 e. The highest BCUT2D eigenvalue weighted by atomic mass is 16.5. The van der Waals surface area contributed by atoms with Gasteiger partial charge in [0.15, 0.2) is 0 Å². The van der Waals surface area contributed by atoms with E-state index in [0.29, 0.717) is 6.04 Å². The summed E-state index contributed by atoms with van der Waals surface area (Å²) in [5, 5.41) is 3.05. The smallest absolute Gasteiger partial charge is 0.227 e. The van der Waals surface area contributed by atoms with E-state index in [1.165, 1.54) is 11.1 Å². The van der Waals surface area contributed by atoms with Gasteiger partial charge in [0.2, 0.25) is 5.91 Å². The van der Waals surface area contributed by atoms with E-state index in [9.17, 15) is 4.79 Å². The molecule has 5 heteroatoms. The van der Waals surface area contributed by atoms with Gasteiger partial charge in [0.25, 0.3) is 0 Å². The quantitative estimate of drug-likeness (QED) is 0.914. The van der Waals surface area contributed by atoms with Crippen molar-refractivity contribution in [2.75, 3.05) is 19.8 Å². The van der Waals surface area contributed by atoms with E-state index in [2.05, 4.69) is 28.4 Å². The Morgan fingerprint density at radius 3 is 3.08 bits per heavy atom. The highest BCUT2D eigenvalue weighted by Crippen LogP contribution is 2.35. The molecule has 24 heavy (non-hydrogen) atoms. The monoisotopic (exact) mass is 330 g/mol. The standard InChI is InChI=1S/C19H26N2O3/c1-12(2)20-19(22)15-11-21(16-6-8-24-18(15)16)10-13-3-4-17-14(9-13)5-7-23-17/h3-4,9,12,15-16,18H,5-8,10-11H2,1-2H3,(H,20,22)/t15-,16+,18+/m0/s1. The summed E-state index contributed by atoms with van der Waals surface area (Å²) in [5.41, 5.74) is 2.61. The molecule has 1 aromatic rings. The number of carbonyl (C=O) groups excluding carboxylic acids is 1. The number of carbonyl (C=O) groups is 1. The van der Waals surface area contributed by atoms with Crippen molar-refractivity contribution in [3.63, 3.8) is 0 Å². The van der Waals surface area contributed by atoms with E-state index in [1.54, 1.807) is 0 Å². The first-order chi connectivity index (χ1) is 11.6. The lowest BCUT2D eigenvalue weighted by molar-refractivity contribution is -0.128. The van der Waals surface area contributed by atoms with Gasteiger partial charge in [-0.2, -0.15) is 0 Å². The molecule has 0 spiro atoms. The SMILES string of the molecule is CC(C)NC(=O)[C@H]1CN(Cc2ccc3c(c2)CCO3)[C@@H]2CCO[C@H]12. The molecule has 2 fully saturated rings. The molecule has 1 N–H and O–H groups in total. The van der Waals surface area contributed by atoms with Crippen LogP contribution in [0.5, 0.6) is 5.75 Å². The molecule has 3 aliphatic heterocycles. The van der Waals surface area contributed by atoms with Crippen LogP contribution in [-0.4, -0.2) is 48.8 Å². The van der Waals surface area contributed by atoms with Crippen molar-refractivity contribution in [3.8, 4) is 5.75 Å². The Morgan fingerprint density at radius 1 is 1.38 bits per heavy atom. The van der Waals surface area contributed by atoms with E-state index in [0.717, 1.165) is 44.9 Å². The second-order valence-electron chi connectivity index (χ2n) is 7.43. The molecule has 4 rings (SSSR count). The molecule has 2 saturated heterocycles. The minimum absolute atomic E-state index is 0.0431. The van der Waals surface area contributed by atoms with Crippen molar-refractivity contribution in [2.45, 2.75) is 51.4 Å². The molecule has 3 heterocycles. The summed E-state index contributed by atoms with van der Waals surface area (Å²) >= 11 is 0. The van der Waals surface area contributed by atoms with Crippen molar-refractivity contribution in [2.24, 2.45) is 5.92 Å². The number of benzene rings is 1. The Kier molecular flexibility index (Phi) is 4.22. The minimum Gasteiger partial charge on any atom is -0.493 e. The van der Waals surface area contributed by atoms with Crippen molar-refractivity contribution in [3.05, 3.63) is 29.3 Å². The number of rotatable bonds is 4. The van der Waals surface area contributed by atoms with Crippen LogP contribution >= 0.6 is 0 Å². The molecule has 1 amide bonds. The third-order valence-corrected chi connectivity index (χ3v) is 5.31. The predicted molar refractivity (Wildman–Crippen MR) is 91.0 cm³/mol. The zero-order valence-electron chi connectivity index (χ0n) is 14.5. The molecule has 3 atom stereocenters. The van der Waals surface area contributed by atoms with Crippen molar-refractivity contribution in [1.29, 1.82) is 0 Å². The summed E-state index contributed by atoms with van der Waals surface area (Å²) in [6, 6.07) is 7.02. The Balaban J connectivity index is 1.48. The lowest BCUT2D eigenvalue weighted by Gasteiger charge is -2.22. The van der Waals surface area contributed by atoms with Crippen molar-refractivity contribution in [1.82, 2.24) is 10.2 Å². The van der Waals surface area contributed by atoms with Gasteiger partial charge in [-0.05, 0) is 37.5 Å². The number of ether oxygens (including phenoxy) is 2. The van der Waals surface area contributed by atoms with Crippen LogP contribution in [0.15, 0.2) is 18.2 Å². The maximum atomic E-state index is 12.5. The van der Waals surface area contributed by atoms with Crippen LogP contribution in [0.25, 0.3) is 0 Å². The molecule has 0 aliphatic carbocycles. The summed E-state index contributed by atoms with van der Waals surface area (Å²) in [4.78, 5) is 14.9. The first-order valence-corrected chi connectivity index (χ1v) is 9.02. The van der Waals surface area contributed by atoms with E-state index in [4.69, 9.17) is 9.47 Å². The Bertz CT molecular complexity index is 631. The number of amides is 1. The first-order valence-electron chi connectivity index (χ1n) is 9.02. The predicted octanol–water partition coefficient (Wildman–Crippen LogP) is 1.74. The Morgan fingerprint density at radius 2 is 2.25 bits per heavy atom. The molecule has 0 saturated carbocycles. The molecule has 0 unspecified atom stereocenters. The van der Waals surface area contributed by atoms with Gasteiger partial charge < -0.3 is 14.8 Å². The van der Waals surface area contributed by atoms with Gasteiger partial charge in [0.1, 0.15) is 5.75 Å². The summed E-state index contributed by atoms with van der Waals surface area (Å²) in [7, 11) is 0. The van der Waals surface area contributed by atoms with Gasteiger partial charge in [-0.25, -0.2) is 0 Å². The molecule has 0 bridgehead atoms. The maximum Gasteiger partial charge on any atom is 0.227 e. The number of likely N-dealkylation sites (tertiary alicyclic amines) is 1. The number of nitrogens with one attached hydrogen (secondary N) is 1. The minimum atomic E-state index is -0.0577. The number of nitrogens with zero attached hydrogens (tertiary/aromatic N) is 1. The van der Waals surface area contributed by atoms with Crippen LogP contribution in [0, 0.1) is 5.92 Å². The fraction of sp³-hybridized carbons (Fsp3) is 0.632. The van der Waals surface area contributed by atoms with Crippen molar-refractivity contribution >= 4 is 5.91 Å². The van der Waals surface area contributed by atoms with Crippen LogP contribution in [0.1, 0.15) is 31.4 Å². The lowest BCUT2D eigenvalue weighted by atomic mass is 10.0. The summed E-state index contributed by atoms with van der Waals surface area (Å²) < 4.78 is 11.5. The molecule has 5 nitrogen and oxygen atoms in total. The highest BCUT2D eigenvalue weighted by molar-refractivity contribution is 5.80. The molecule has 1 aromatic carbocycles. The zero-order valence-corrected chi connectivity index (χ0v) is 14.5. The summed E-state index contributed by atoms with van der Waals surface area (Å²) in [6.45, 7) is 7.22. The topological polar surface area (TPSA) is 50.8 Å². The van der Waals surface area contributed by atoms with Crippen LogP contribution in [-0.2, 0) is 22.5 Å². The molecular formula is C19H26N2O3. The second kappa shape index (κ2) is 6.37. The Labute approximate surface area is 143 Å². The van der Waals surface area contributed by atoms with Gasteiger partial charge in [0.05, 0.1) is 18.6 Å². The van der Waals surface area contributed by atoms with Gasteiger partial charge >= 0.3 is 0 Å². The maximum absolute atomic E-state index is 12.5. The third-order valence-electron chi connectivity index (χ3n) is 5.31. The molecule has 0 radical (unpaired) electrons. The van der Waals surface area contributed by atoms with Gasteiger partial charge in [-0.3, -0.25) is 9.69 Å². The zero-order chi connectivity index (χ0) is 16.7. The van der Waals surface area contributed by atoms with E-state index >= 15 is 0 Å². The number of hydrogen-bond donors (Lipinski definition) is 1. The van der Waals surface area contributed by atoms with Crippen LogP contribution in [0.2, 0.25) is 0 Å². The molecular weight excluding hydrogens is 304 g/mol. The third kappa shape index (κ3) is 2.91. The van der Waals surface area contributed by atoms with Gasteiger partial charge in [0, 0.05) is 38.2 Å². The van der Waals surface area contributed by atoms with Crippen molar-refractivity contribution < 1.29 is 14.3 Å². The van der Waals surface area contributed by atoms with E-state index in [1.807, 2.05) is 13.8 Å². The van der Waals surface area contributed by atoms with E-state index in [-0.39, 0.29) is 24.0 Å². The van der Waals surface area contributed by atoms with Gasteiger partial charge in [-0.15, -0.1) is 0 Å². The lowest BCUT2D eigenvalue weighted by Crippen LogP contribution is -2.41. The normalized spacial score (nSPS) is 28.7. The molecule has 0 aromatic heterocycles. The van der Waals surface area contributed by atoms with E-state index < -0.39 is 0 Å². The highest BCUT2D eigenvalue weighted by Gasteiger charge is 2.48. The molecule has 3 aliphatic rings. The van der Waals surface area contributed by atoms with Crippen LogP contribution < -0.4 is 10.1 Å². The number of fused-ring (bicyclic) bond motifs is 2. The molecule has 130 valence electrons. The van der Waals surface area contributed by atoms with Crippen LogP contribution in [0.4, 0.5) is 0 Å². The van der Waals surface area contributed by atoms with Crippen LogP contribution in [0.3, 0.4) is 0 Å². The second-order valence-corrected chi connectivity index (χ2v) is 7.43. The average molecular weight is 330 g/mol. The number of hydrogen-bond acceptors (Lipinski definition) is 4. The summed E-state index contributed by atoms with van der Waals surface area (Å²) in [6.07, 6.45) is 2.06.